The summed E-state index contributed by atoms with van der Waals surface area (Å²) in [5, 5.41) is 0. The van der Waals surface area contributed by atoms with Crippen LogP contribution in [-0.2, 0) is 13.0 Å². The Labute approximate surface area is 114 Å². The highest BCUT2D eigenvalue weighted by atomic mass is 79.9. The molecule has 0 saturated heterocycles. The van der Waals surface area contributed by atoms with Crippen LogP contribution in [0.2, 0.25) is 0 Å². The molecule has 0 amide bonds. The Morgan fingerprint density at radius 1 is 1.44 bits per heavy atom. The highest BCUT2D eigenvalue weighted by molar-refractivity contribution is 9.10. The minimum Gasteiger partial charge on any atom is -0.330 e. The lowest BCUT2D eigenvalue weighted by Crippen LogP contribution is -2.20. The van der Waals surface area contributed by atoms with Crippen LogP contribution >= 0.6 is 15.9 Å². The molecule has 0 radical (unpaired) electrons. The number of nitrogens with two attached hydrogens (primary N) is 1. The predicted molar refractivity (Wildman–Crippen MR) is 72.8 cm³/mol. The van der Waals surface area contributed by atoms with Crippen LogP contribution in [0.5, 0.6) is 0 Å². The molecule has 0 aliphatic carbocycles. The number of nitrogens with zero attached hydrogens (tertiary/aromatic N) is 2. The minimum atomic E-state index is -0.242. The summed E-state index contributed by atoms with van der Waals surface area (Å²) in [5.74, 6) is 0.679. The van der Waals surface area contributed by atoms with Gasteiger partial charge in [-0.1, -0.05) is 15.9 Å². The van der Waals surface area contributed by atoms with E-state index in [4.69, 9.17) is 5.73 Å². The first-order valence-corrected chi connectivity index (χ1v) is 6.54. The van der Waals surface area contributed by atoms with Gasteiger partial charge in [-0.05, 0) is 30.7 Å². The van der Waals surface area contributed by atoms with Crippen LogP contribution in [0.3, 0.4) is 0 Å². The molecule has 1 aromatic carbocycles. The van der Waals surface area contributed by atoms with Crippen molar-refractivity contribution >= 4 is 15.9 Å². The third-order valence-electron chi connectivity index (χ3n) is 2.58. The Kier molecular flexibility index (Phi) is 4.14. The van der Waals surface area contributed by atoms with Crippen molar-refractivity contribution in [1.29, 1.82) is 0 Å². The van der Waals surface area contributed by atoms with Crippen molar-refractivity contribution in [3.63, 3.8) is 0 Å². The van der Waals surface area contributed by atoms with Gasteiger partial charge in [-0.15, -0.1) is 0 Å². The molecule has 96 valence electrons. The summed E-state index contributed by atoms with van der Waals surface area (Å²) in [7, 11) is 0. The fourth-order valence-electron chi connectivity index (χ4n) is 1.86. The number of hydrogen-bond donors (Lipinski definition) is 1. The van der Waals surface area contributed by atoms with E-state index in [0.29, 0.717) is 13.0 Å². The lowest BCUT2D eigenvalue weighted by molar-refractivity contribution is 0.617. The van der Waals surface area contributed by atoms with Crippen molar-refractivity contribution in [1.82, 2.24) is 9.55 Å². The third-order valence-corrected chi connectivity index (χ3v) is 3.04. The molecule has 2 N–H and O–H groups in total. The van der Waals surface area contributed by atoms with E-state index in [9.17, 15) is 4.39 Å². The molecule has 0 fully saturated rings. The average molecular weight is 312 g/mol. The summed E-state index contributed by atoms with van der Waals surface area (Å²) in [6, 6.07) is 4.93. The summed E-state index contributed by atoms with van der Waals surface area (Å²) >= 11 is 3.29. The maximum Gasteiger partial charge on any atom is 0.124 e. The molecule has 1 atom stereocenters. The number of halogens is 2. The quantitative estimate of drug-likeness (QED) is 0.943. The largest absolute Gasteiger partial charge is 0.330 e. The summed E-state index contributed by atoms with van der Waals surface area (Å²) in [5.41, 5.74) is 6.67. The van der Waals surface area contributed by atoms with Gasteiger partial charge in [-0.2, -0.15) is 0 Å². The highest BCUT2D eigenvalue weighted by Gasteiger charge is 2.07. The molecule has 18 heavy (non-hydrogen) atoms. The first-order chi connectivity index (χ1) is 8.54. The molecule has 1 heterocycles. The second-order valence-electron chi connectivity index (χ2n) is 4.43. The summed E-state index contributed by atoms with van der Waals surface area (Å²) < 4.78 is 16.0. The van der Waals surface area contributed by atoms with Gasteiger partial charge in [0.25, 0.3) is 0 Å². The highest BCUT2D eigenvalue weighted by Crippen LogP contribution is 2.16. The number of benzene rings is 1. The molecular weight excluding hydrogens is 297 g/mol. The zero-order valence-electron chi connectivity index (χ0n) is 10.1. The first kappa shape index (κ1) is 13.2. The van der Waals surface area contributed by atoms with E-state index in [-0.39, 0.29) is 11.9 Å². The molecule has 0 aliphatic heterocycles. The van der Waals surface area contributed by atoms with E-state index in [0.717, 1.165) is 15.9 Å². The van der Waals surface area contributed by atoms with E-state index in [2.05, 4.69) is 20.9 Å². The Morgan fingerprint density at radius 2 is 2.22 bits per heavy atom. The van der Waals surface area contributed by atoms with Crippen LogP contribution in [0.15, 0.2) is 35.1 Å². The molecule has 0 aliphatic rings. The SMILES string of the molecule is CC(N)Cc1nccn1Cc1cc(F)cc(Br)c1. The van der Waals surface area contributed by atoms with E-state index >= 15 is 0 Å². The van der Waals surface area contributed by atoms with Gasteiger partial charge in [0.05, 0.1) is 0 Å². The normalized spacial score (nSPS) is 12.7. The van der Waals surface area contributed by atoms with Gasteiger partial charge < -0.3 is 10.3 Å². The van der Waals surface area contributed by atoms with Crippen LogP contribution in [-0.4, -0.2) is 15.6 Å². The number of rotatable bonds is 4. The lowest BCUT2D eigenvalue weighted by atomic mass is 10.2. The van der Waals surface area contributed by atoms with Crippen LogP contribution in [0.25, 0.3) is 0 Å². The second kappa shape index (κ2) is 5.63. The van der Waals surface area contributed by atoms with Gasteiger partial charge in [0.15, 0.2) is 0 Å². The molecule has 1 unspecified atom stereocenters. The van der Waals surface area contributed by atoms with Crippen molar-refractivity contribution in [3.05, 3.63) is 52.3 Å². The molecule has 0 saturated carbocycles. The Balaban J connectivity index is 2.20. The van der Waals surface area contributed by atoms with Gasteiger partial charge in [-0.25, -0.2) is 9.37 Å². The van der Waals surface area contributed by atoms with E-state index < -0.39 is 0 Å². The zero-order chi connectivity index (χ0) is 13.1. The van der Waals surface area contributed by atoms with Crippen molar-refractivity contribution in [2.45, 2.75) is 25.9 Å². The molecule has 1 aromatic heterocycles. The predicted octanol–water partition coefficient (Wildman–Crippen LogP) is 2.72. The topological polar surface area (TPSA) is 43.8 Å². The smallest absolute Gasteiger partial charge is 0.124 e. The Hall–Kier alpha value is -1.20. The maximum absolute atomic E-state index is 13.3. The number of aromatic nitrogens is 2. The fraction of sp³-hybridized carbons (Fsp3) is 0.308. The summed E-state index contributed by atoms with van der Waals surface area (Å²) in [6.07, 6.45) is 4.34. The molecule has 2 rings (SSSR count). The standard InChI is InChI=1S/C13H15BrFN3/c1-9(16)4-13-17-2-3-18(13)8-10-5-11(14)7-12(15)6-10/h2-3,5-7,9H,4,8,16H2,1H3. The summed E-state index contributed by atoms with van der Waals surface area (Å²) in [4.78, 5) is 4.27. The van der Waals surface area contributed by atoms with Crippen molar-refractivity contribution in [3.8, 4) is 0 Å². The lowest BCUT2D eigenvalue weighted by Gasteiger charge is -2.10. The zero-order valence-corrected chi connectivity index (χ0v) is 11.7. The van der Waals surface area contributed by atoms with Crippen LogP contribution in [0, 0.1) is 5.82 Å². The maximum atomic E-state index is 13.3. The van der Waals surface area contributed by atoms with E-state index in [1.54, 1.807) is 6.20 Å². The Bertz CT molecular complexity index is 517. The van der Waals surface area contributed by atoms with Gasteiger partial charge in [0, 0.05) is 35.9 Å². The average Bonchev–Trinajstić information content (AvgIpc) is 2.63. The van der Waals surface area contributed by atoms with Gasteiger partial charge in [-0.3, -0.25) is 0 Å². The first-order valence-electron chi connectivity index (χ1n) is 5.75. The number of imidazole rings is 1. The molecule has 0 spiro atoms. The van der Waals surface area contributed by atoms with Crippen LogP contribution in [0.4, 0.5) is 4.39 Å². The van der Waals surface area contributed by atoms with Crippen molar-refractivity contribution in [2.75, 3.05) is 0 Å². The van der Waals surface area contributed by atoms with Gasteiger partial charge in [0.1, 0.15) is 11.6 Å². The van der Waals surface area contributed by atoms with Gasteiger partial charge >= 0.3 is 0 Å². The van der Waals surface area contributed by atoms with Crippen molar-refractivity contribution < 1.29 is 4.39 Å². The molecular formula is C13H15BrFN3. The van der Waals surface area contributed by atoms with Crippen molar-refractivity contribution in [2.24, 2.45) is 5.73 Å². The molecule has 2 aromatic rings. The fourth-order valence-corrected chi connectivity index (χ4v) is 2.37. The molecule has 0 bridgehead atoms. The van der Waals surface area contributed by atoms with Crippen LogP contribution < -0.4 is 5.73 Å². The third kappa shape index (κ3) is 3.40. The number of hydrogen-bond acceptors (Lipinski definition) is 2. The molecule has 5 heteroatoms. The van der Waals surface area contributed by atoms with Crippen LogP contribution in [0.1, 0.15) is 18.3 Å². The van der Waals surface area contributed by atoms with Gasteiger partial charge in [0.2, 0.25) is 0 Å². The van der Waals surface area contributed by atoms with E-state index in [1.165, 1.54) is 12.1 Å². The molecule has 3 nitrogen and oxygen atoms in total. The monoisotopic (exact) mass is 311 g/mol. The Morgan fingerprint density at radius 3 is 2.89 bits per heavy atom. The minimum absolute atomic E-state index is 0.0606. The second-order valence-corrected chi connectivity index (χ2v) is 5.35. The summed E-state index contributed by atoms with van der Waals surface area (Å²) in [6.45, 7) is 2.54. The van der Waals surface area contributed by atoms with E-state index in [1.807, 2.05) is 23.8 Å².